The average molecular weight is 664 g/mol. The maximum atomic E-state index is 6.85. The molecule has 10 aromatic rings. The molecule has 3 aromatic heterocycles. The summed E-state index contributed by atoms with van der Waals surface area (Å²) in [5, 5.41) is 7.41. The molecule has 12 rings (SSSR count). The van der Waals surface area contributed by atoms with E-state index < -0.39 is 0 Å². The highest BCUT2D eigenvalue weighted by Gasteiger charge is 2.38. The third-order valence-electron chi connectivity index (χ3n) is 10.3. The summed E-state index contributed by atoms with van der Waals surface area (Å²) in [4.78, 5) is 5.38. The normalized spacial score (nSPS) is 13.6. The Hall–Kier alpha value is -4.88. The molecule has 0 aliphatic carbocycles. The summed E-state index contributed by atoms with van der Waals surface area (Å²) in [7, 11) is 0. The van der Waals surface area contributed by atoms with E-state index in [2.05, 4.69) is 138 Å². The molecule has 2 aliphatic heterocycles. The minimum absolute atomic E-state index is 0.236. The van der Waals surface area contributed by atoms with Crippen molar-refractivity contribution >= 4 is 122 Å². The number of rotatable bonds is 1. The van der Waals surface area contributed by atoms with Crippen LogP contribution in [0.1, 0.15) is 0 Å². The van der Waals surface area contributed by atoms with Gasteiger partial charge in [0.1, 0.15) is 11.2 Å². The maximum Gasteiger partial charge on any atom is 0.247 e. The monoisotopic (exact) mass is 663 g/mol. The molecule has 0 saturated carbocycles. The molecule has 0 amide bonds. The summed E-state index contributed by atoms with van der Waals surface area (Å²) in [5.41, 5.74) is 9.80. The van der Waals surface area contributed by atoms with Crippen LogP contribution in [0, 0.1) is 0 Å². The maximum absolute atomic E-state index is 6.85. The molecular formula is C42H22BNOS3. The van der Waals surface area contributed by atoms with Gasteiger partial charge in [0, 0.05) is 61.6 Å². The summed E-state index contributed by atoms with van der Waals surface area (Å²) in [5.74, 6) is 0. The fourth-order valence-electron chi connectivity index (χ4n) is 8.39. The van der Waals surface area contributed by atoms with Crippen LogP contribution in [0.3, 0.4) is 0 Å². The second-order valence-electron chi connectivity index (χ2n) is 12.7. The fourth-order valence-corrected chi connectivity index (χ4v) is 12.1. The van der Waals surface area contributed by atoms with E-state index in [1.54, 1.807) is 0 Å². The number of aromatic nitrogens is 1. The highest BCUT2D eigenvalue weighted by Crippen LogP contribution is 2.51. The number of hydrogen-bond donors (Lipinski definition) is 0. The van der Waals surface area contributed by atoms with Crippen LogP contribution in [-0.2, 0) is 0 Å². The molecule has 0 unspecified atom stereocenters. The first-order valence-electron chi connectivity index (χ1n) is 16.2. The lowest BCUT2D eigenvalue weighted by atomic mass is 9.36. The lowest BCUT2D eigenvalue weighted by Gasteiger charge is -2.33. The lowest BCUT2D eigenvalue weighted by molar-refractivity contribution is 0.673. The topological polar surface area (TPSA) is 18.1 Å². The standard InChI is InChI=1S/C42H22BNOS3/c1-6-16-29-24(11-1)37-40(36-25-12-2-7-17-30(25)45-41(36)38-26-13-3-8-18-31(26)48-42(37)38)44(29)23-21-34-39-35(22-23)47-33-20-10-5-15-28(33)43(39)27-14-4-9-19-32(27)46-34/h1-22H. The first kappa shape index (κ1) is 26.1. The van der Waals surface area contributed by atoms with Crippen LogP contribution in [0.4, 0.5) is 0 Å². The van der Waals surface area contributed by atoms with Crippen molar-refractivity contribution in [1.29, 1.82) is 0 Å². The van der Waals surface area contributed by atoms with Crippen molar-refractivity contribution in [2.45, 2.75) is 19.6 Å². The number of fused-ring (bicyclic) bond motifs is 16. The van der Waals surface area contributed by atoms with Gasteiger partial charge in [-0.2, -0.15) is 0 Å². The van der Waals surface area contributed by atoms with Crippen molar-refractivity contribution in [2.24, 2.45) is 0 Å². The molecule has 0 spiro atoms. The Kier molecular flexibility index (Phi) is 5.11. The van der Waals surface area contributed by atoms with Crippen LogP contribution in [0.15, 0.2) is 157 Å². The summed E-state index contributed by atoms with van der Waals surface area (Å²) >= 11 is 5.72. The van der Waals surface area contributed by atoms with E-state index in [9.17, 15) is 0 Å². The quantitative estimate of drug-likeness (QED) is 0.163. The average Bonchev–Trinajstić information content (AvgIpc) is 3.81. The van der Waals surface area contributed by atoms with Crippen molar-refractivity contribution in [2.75, 3.05) is 0 Å². The molecule has 0 bridgehead atoms. The zero-order valence-electron chi connectivity index (χ0n) is 25.4. The van der Waals surface area contributed by atoms with Gasteiger partial charge in [0.05, 0.1) is 16.4 Å². The smallest absolute Gasteiger partial charge is 0.247 e. The zero-order valence-corrected chi connectivity index (χ0v) is 27.8. The number of thiophene rings is 1. The van der Waals surface area contributed by atoms with Gasteiger partial charge in [0.15, 0.2) is 0 Å². The van der Waals surface area contributed by atoms with Gasteiger partial charge in [0.25, 0.3) is 0 Å². The molecule has 7 aromatic carbocycles. The van der Waals surface area contributed by atoms with Crippen molar-refractivity contribution in [1.82, 2.24) is 4.57 Å². The van der Waals surface area contributed by atoms with E-state index in [0.29, 0.717) is 0 Å². The highest BCUT2D eigenvalue weighted by atomic mass is 32.2. The summed E-state index contributed by atoms with van der Waals surface area (Å²) in [6, 6.07) is 49.2. The highest BCUT2D eigenvalue weighted by molar-refractivity contribution is 8.01. The molecule has 48 heavy (non-hydrogen) atoms. The van der Waals surface area contributed by atoms with Crippen molar-refractivity contribution < 1.29 is 4.42 Å². The summed E-state index contributed by atoms with van der Waals surface area (Å²) in [6.07, 6.45) is 0. The van der Waals surface area contributed by atoms with E-state index >= 15 is 0 Å². The molecule has 0 atom stereocenters. The molecule has 5 heterocycles. The van der Waals surface area contributed by atoms with Gasteiger partial charge in [0.2, 0.25) is 6.71 Å². The summed E-state index contributed by atoms with van der Waals surface area (Å²) < 4.78 is 12.0. The third kappa shape index (κ3) is 3.28. The first-order valence-corrected chi connectivity index (χ1v) is 18.7. The van der Waals surface area contributed by atoms with Gasteiger partial charge < -0.3 is 8.98 Å². The predicted octanol–water partition coefficient (Wildman–Crippen LogP) is 10.5. The van der Waals surface area contributed by atoms with E-state index in [-0.39, 0.29) is 6.71 Å². The van der Waals surface area contributed by atoms with Gasteiger partial charge in [-0.1, -0.05) is 125 Å². The second-order valence-corrected chi connectivity index (χ2v) is 16.0. The Labute approximate surface area is 288 Å². The molecule has 222 valence electrons. The van der Waals surface area contributed by atoms with Crippen LogP contribution >= 0.6 is 34.9 Å². The Bertz CT molecular complexity index is 2940. The van der Waals surface area contributed by atoms with Crippen LogP contribution < -0.4 is 16.4 Å². The lowest BCUT2D eigenvalue weighted by Crippen LogP contribution is -2.58. The molecule has 0 N–H and O–H groups in total. The number of para-hydroxylation sites is 2. The minimum atomic E-state index is 0.236. The SMILES string of the molecule is c1ccc2c(c1)Sc1cc(-n3c4ccccc4c4c5sc6ccccc6c5c5oc6ccccc6c5c43)cc3c1B2c1ccccc1S3. The summed E-state index contributed by atoms with van der Waals surface area (Å²) in [6.45, 7) is 0.236. The minimum Gasteiger partial charge on any atom is -0.455 e. The molecule has 0 saturated heterocycles. The van der Waals surface area contributed by atoms with E-state index in [1.165, 1.54) is 89.0 Å². The number of furan rings is 1. The van der Waals surface area contributed by atoms with Gasteiger partial charge >= 0.3 is 0 Å². The van der Waals surface area contributed by atoms with Gasteiger partial charge in [-0.05, 0) is 47.9 Å². The van der Waals surface area contributed by atoms with Crippen molar-refractivity contribution in [3.8, 4) is 5.69 Å². The van der Waals surface area contributed by atoms with Crippen LogP contribution in [-0.4, -0.2) is 11.3 Å². The number of benzene rings is 7. The second kappa shape index (κ2) is 9.39. The van der Waals surface area contributed by atoms with E-state index in [1.807, 2.05) is 34.9 Å². The largest absolute Gasteiger partial charge is 0.455 e. The van der Waals surface area contributed by atoms with Crippen LogP contribution in [0.25, 0.3) is 69.6 Å². The number of nitrogens with zero attached hydrogens (tertiary/aromatic N) is 1. The first-order chi connectivity index (χ1) is 23.8. The number of hydrogen-bond acceptors (Lipinski definition) is 4. The molecule has 2 aliphatic rings. The van der Waals surface area contributed by atoms with Gasteiger partial charge in [-0.15, -0.1) is 11.3 Å². The Balaban J connectivity index is 1.27. The molecule has 0 fully saturated rings. The van der Waals surface area contributed by atoms with Gasteiger partial charge in [-0.25, -0.2) is 0 Å². The fraction of sp³-hybridized carbons (Fsp3) is 0. The molecule has 6 heteroatoms. The Morgan fingerprint density at radius 1 is 0.542 bits per heavy atom. The predicted molar refractivity (Wildman–Crippen MR) is 207 cm³/mol. The van der Waals surface area contributed by atoms with Crippen LogP contribution in [0.5, 0.6) is 0 Å². The van der Waals surface area contributed by atoms with E-state index in [0.717, 1.165) is 16.6 Å². The molecule has 0 radical (unpaired) electrons. The van der Waals surface area contributed by atoms with Crippen molar-refractivity contribution in [3.05, 3.63) is 133 Å². The van der Waals surface area contributed by atoms with Crippen LogP contribution in [0.2, 0.25) is 0 Å². The van der Waals surface area contributed by atoms with Gasteiger partial charge in [-0.3, -0.25) is 0 Å². The van der Waals surface area contributed by atoms with Crippen molar-refractivity contribution in [3.63, 3.8) is 0 Å². The zero-order chi connectivity index (χ0) is 31.1. The van der Waals surface area contributed by atoms with E-state index in [4.69, 9.17) is 4.42 Å². The molecular weight excluding hydrogens is 641 g/mol. The third-order valence-corrected chi connectivity index (χ3v) is 13.8. The Morgan fingerprint density at radius 3 is 1.94 bits per heavy atom. The Morgan fingerprint density at radius 2 is 1.17 bits per heavy atom. The molecule has 2 nitrogen and oxygen atoms in total.